The summed E-state index contributed by atoms with van der Waals surface area (Å²) in [5.41, 5.74) is 1.89. The molecule has 0 aliphatic carbocycles. The molecule has 0 aliphatic rings. The van der Waals surface area contributed by atoms with Crippen LogP contribution in [0.1, 0.15) is 44.7 Å². The second-order valence-corrected chi connectivity index (χ2v) is 5.07. The minimum Gasteiger partial charge on any atom is -0.481 e. The molecule has 0 heterocycles. The van der Waals surface area contributed by atoms with Crippen LogP contribution in [0.15, 0.2) is 24.3 Å². The summed E-state index contributed by atoms with van der Waals surface area (Å²) in [5.74, 6) is -0.702. The van der Waals surface area contributed by atoms with Crippen LogP contribution in [-0.2, 0) is 17.8 Å². The molecule has 0 saturated carbocycles. The van der Waals surface area contributed by atoms with Crippen molar-refractivity contribution in [1.82, 2.24) is 5.32 Å². The first-order chi connectivity index (χ1) is 9.07. The molecule has 1 rings (SSSR count). The molecule has 19 heavy (non-hydrogen) atoms. The summed E-state index contributed by atoms with van der Waals surface area (Å²) in [5, 5.41) is 12.6. The predicted molar refractivity (Wildman–Crippen MR) is 78.2 cm³/mol. The molecule has 0 unspecified atom stereocenters. The molecule has 3 nitrogen and oxygen atoms in total. The standard InChI is InChI=1S/C16H25NO2/c1-4-13-7-9-14(10-8-13)11-17-12-16(5-2,6-3)15(18)19/h7-10,17H,4-6,11-12H2,1-3H3,(H,18,19). The van der Waals surface area contributed by atoms with E-state index in [-0.39, 0.29) is 0 Å². The van der Waals surface area contributed by atoms with Gasteiger partial charge in [0.25, 0.3) is 0 Å². The lowest BCUT2D eigenvalue weighted by molar-refractivity contribution is -0.149. The molecule has 0 spiro atoms. The molecule has 0 aliphatic heterocycles. The quantitative estimate of drug-likeness (QED) is 0.757. The lowest BCUT2D eigenvalue weighted by Crippen LogP contribution is -2.39. The Bertz CT molecular complexity index is 394. The van der Waals surface area contributed by atoms with E-state index < -0.39 is 11.4 Å². The first kappa shape index (κ1) is 15.7. The van der Waals surface area contributed by atoms with Crippen LogP contribution >= 0.6 is 0 Å². The molecule has 0 aromatic heterocycles. The number of hydrogen-bond donors (Lipinski definition) is 2. The van der Waals surface area contributed by atoms with Gasteiger partial charge in [0.15, 0.2) is 0 Å². The minimum atomic E-state index is -0.702. The summed E-state index contributed by atoms with van der Waals surface area (Å²) in [7, 11) is 0. The molecule has 0 fully saturated rings. The number of carbonyl (C=O) groups is 1. The fourth-order valence-corrected chi connectivity index (χ4v) is 2.22. The topological polar surface area (TPSA) is 49.3 Å². The van der Waals surface area contributed by atoms with Gasteiger partial charge in [0.2, 0.25) is 0 Å². The van der Waals surface area contributed by atoms with E-state index in [1.807, 2.05) is 13.8 Å². The van der Waals surface area contributed by atoms with Crippen molar-refractivity contribution in [1.29, 1.82) is 0 Å². The van der Waals surface area contributed by atoms with Crippen LogP contribution in [-0.4, -0.2) is 17.6 Å². The molecule has 0 saturated heterocycles. The third kappa shape index (κ3) is 4.06. The maximum absolute atomic E-state index is 11.4. The fraction of sp³-hybridized carbons (Fsp3) is 0.562. The summed E-state index contributed by atoms with van der Waals surface area (Å²) >= 11 is 0. The first-order valence-electron chi connectivity index (χ1n) is 7.10. The second kappa shape index (κ2) is 7.29. The minimum absolute atomic E-state index is 0.519. The molecule has 1 aromatic carbocycles. The van der Waals surface area contributed by atoms with Crippen molar-refractivity contribution in [2.45, 2.75) is 46.6 Å². The van der Waals surface area contributed by atoms with Gasteiger partial charge in [-0.2, -0.15) is 0 Å². The molecule has 0 atom stereocenters. The SMILES string of the molecule is CCc1ccc(CNCC(CC)(CC)C(=O)O)cc1. The Morgan fingerprint density at radius 1 is 1.11 bits per heavy atom. The number of carboxylic acid groups (broad SMARTS) is 1. The van der Waals surface area contributed by atoms with Gasteiger partial charge in [-0.1, -0.05) is 45.0 Å². The smallest absolute Gasteiger partial charge is 0.310 e. The number of nitrogens with one attached hydrogen (secondary N) is 1. The normalized spacial score (nSPS) is 11.5. The largest absolute Gasteiger partial charge is 0.481 e. The van der Waals surface area contributed by atoms with E-state index in [1.165, 1.54) is 11.1 Å². The van der Waals surface area contributed by atoms with Crippen molar-refractivity contribution in [3.63, 3.8) is 0 Å². The van der Waals surface area contributed by atoms with Crippen LogP contribution in [0.2, 0.25) is 0 Å². The molecule has 106 valence electrons. The van der Waals surface area contributed by atoms with E-state index in [0.29, 0.717) is 19.4 Å². The van der Waals surface area contributed by atoms with Gasteiger partial charge >= 0.3 is 5.97 Å². The zero-order chi connectivity index (χ0) is 14.3. The Kier molecular flexibility index (Phi) is 6.03. The predicted octanol–water partition coefficient (Wildman–Crippen LogP) is 3.23. The van der Waals surface area contributed by atoms with E-state index >= 15 is 0 Å². The Labute approximate surface area is 116 Å². The number of rotatable bonds is 8. The van der Waals surface area contributed by atoms with Gasteiger partial charge in [0.05, 0.1) is 5.41 Å². The lowest BCUT2D eigenvalue weighted by atomic mass is 9.82. The monoisotopic (exact) mass is 263 g/mol. The van der Waals surface area contributed by atoms with Crippen LogP contribution in [0.4, 0.5) is 0 Å². The van der Waals surface area contributed by atoms with Crippen LogP contribution in [0.25, 0.3) is 0 Å². The molecule has 0 amide bonds. The van der Waals surface area contributed by atoms with Gasteiger partial charge < -0.3 is 10.4 Å². The van der Waals surface area contributed by atoms with Crippen molar-refractivity contribution < 1.29 is 9.90 Å². The number of hydrogen-bond acceptors (Lipinski definition) is 2. The van der Waals surface area contributed by atoms with Crippen molar-refractivity contribution in [2.75, 3.05) is 6.54 Å². The van der Waals surface area contributed by atoms with Crippen LogP contribution in [0.3, 0.4) is 0 Å². The van der Waals surface area contributed by atoms with Crippen molar-refractivity contribution >= 4 is 5.97 Å². The van der Waals surface area contributed by atoms with Gasteiger partial charge in [-0.05, 0) is 30.4 Å². The zero-order valence-corrected chi connectivity index (χ0v) is 12.2. The molecule has 0 bridgehead atoms. The number of aryl methyl sites for hydroxylation is 1. The average molecular weight is 263 g/mol. The van der Waals surface area contributed by atoms with Gasteiger partial charge in [0, 0.05) is 13.1 Å². The number of benzene rings is 1. The summed E-state index contributed by atoms with van der Waals surface area (Å²) in [4.78, 5) is 11.4. The lowest BCUT2D eigenvalue weighted by Gasteiger charge is -2.27. The Morgan fingerprint density at radius 3 is 2.05 bits per heavy atom. The molecule has 3 heteroatoms. The summed E-state index contributed by atoms with van der Waals surface area (Å²) in [6.45, 7) is 7.26. The fourth-order valence-electron chi connectivity index (χ4n) is 2.22. The zero-order valence-electron chi connectivity index (χ0n) is 12.2. The second-order valence-electron chi connectivity index (χ2n) is 5.07. The highest BCUT2D eigenvalue weighted by atomic mass is 16.4. The van der Waals surface area contributed by atoms with Crippen LogP contribution in [0, 0.1) is 5.41 Å². The van der Waals surface area contributed by atoms with Gasteiger partial charge in [0.1, 0.15) is 0 Å². The summed E-state index contributed by atoms with van der Waals surface area (Å²) in [6, 6.07) is 8.46. The molecule has 1 aromatic rings. The highest BCUT2D eigenvalue weighted by Crippen LogP contribution is 2.25. The van der Waals surface area contributed by atoms with Crippen molar-refractivity contribution in [2.24, 2.45) is 5.41 Å². The molecular weight excluding hydrogens is 238 g/mol. The van der Waals surface area contributed by atoms with E-state index in [4.69, 9.17) is 0 Å². The maximum Gasteiger partial charge on any atom is 0.310 e. The van der Waals surface area contributed by atoms with Crippen molar-refractivity contribution in [3.05, 3.63) is 35.4 Å². The molecule has 0 radical (unpaired) electrons. The van der Waals surface area contributed by atoms with Gasteiger partial charge in [-0.3, -0.25) is 4.79 Å². The van der Waals surface area contributed by atoms with Gasteiger partial charge in [-0.25, -0.2) is 0 Å². The van der Waals surface area contributed by atoms with Crippen molar-refractivity contribution in [3.8, 4) is 0 Å². The van der Waals surface area contributed by atoms with E-state index in [9.17, 15) is 9.90 Å². The highest BCUT2D eigenvalue weighted by Gasteiger charge is 2.34. The number of carboxylic acids is 1. The Balaban J connectivity index is 2.54. The Morgan fingerprint density at radius 2 is 1.63 bits per heavy atom. The highest BCUT2D eigenvalue weighted by molar-refractivity contribution is 5.74. The summed E-state index contributed by atoms with van der Waals surface area (Å²) in [6.07, 6.45) is 2.35. The summed E-state index contributed by atoms with van der Waals surface area (Å²) < 4.78 is 0. The Hall–Kier alpha value is -1.35. The number of aliphatic carboxylic acids is 1. The van der Waals surface area contributed by atoms with Crippen LogP contribution < -0.4 is 5.32 Å². The third-order valence-corrected chi connectivity index (χ3v) is 4.03. The van der Waals surface area contributed by atoms with E-state index in [1.54, 1.807) is 0 Å². The van der Waals surface area contributed by atoms with E-state index in [2.05, 4.69) is 36.5 Å². The van der Waals surface area contributed by atoms with E-state index in [0.717, 1.165) is 13.0 Å². The third-order valence-electron chi connectivity index (χ3n) is 4.03. The first-order valence-corrected chi connectivity index (χ1v) is 7.10. The average Bonchev–Trinajstić information content (AvgIpc) is 2.44. The maximum atomic E-state index is 11.4. The van der Waals surface area contributed by atoms with Gasteiger partial charge in [-0.15, -0.1) is 0 Å². The molecule has 2 N–H and O–H groups in total. The van der Waals surface area contributed by atoms with Crippen LogP contribution in [0.5, 0.6) is 0 Å². The molecular formula is C16H25NO2.